The van der Waals surface area contributed by atoms with Gasteiger partial charge in [0.1, 0.15) is 11.3 Å². The van der Waals surface area contributed by atoms with Crippen molar-refractivity contribution in [1.29, 1.82) is 0 Å². The summed E-state index contributed by atoms with van der Waals surface area (Å²) in [5.74, 6) is -0.184. The van der Waals surface area contributed by atoms with E-state index >= 15 is 0 Å². The number of hydrogen-bond acceptors (Lipinski definition) is 3. The molecule has 4 heterocycles. The first-order chi connectivity index (χ1) is 12.4. The van der Waals surface area contributed by atoms with E-state index in [9.17, 15) is 18.0 Å². The quantitative estimate of drug-likeness (QED) is 0.703. The van der Waals surface area contributed by atoms with E-state index < -0.39 is 11.9 Å². The third-order valence-electron chi connectivity index (χ3n) is 4.59. The highest BCUT2D eigenvalue weighted by atomic mass is 19.4. The SMILES string of the molecule is O=C(c1cnc2ccccn12)N1CCCC(n2ccc(C(F)(F)F)n2)C1. The fraction of sp³-hybridized carbons (Fsp3) is 0.353. The number of fused-ring (bicyclic) bond motifs is 1. The van der Waals surface area contributed by atoms with Crippen molar-refractivity contribution < 1.29 is 18.0 Å². The van der Waals surface area contributed by atoms with Gasteiger partial charge in [-0.15, -0.1) is 0 Å². The smallest absolute Gasteiger partial charge is 0.335 e. The number of piperidine rings is 1. The predicted octanol–water partition coefficient (Wildman–Crippen LogP) is 3.03. The molecular weight excluding hydrogens is 347 g/mol. The Morgan fingerprint density at radius 3 is 2.81 bits per heavy atom. The van der Waals surface area contributed by atoms with Crippen LogP contribution in [0.25, 0.3) is 5.65 Å². The predicted molar refractivity (Wildman–Crippen MR) is 86.6 cm³/mol. The summed E-state index contributed by atoms with van der Waals surface area (Å²) in [6, 6.07) is 6.14. The number of alkyl halides is 3. The van der Waals surface area contributed by atoms with E-state index in [1.54, 1.807) is 21.6 Å². The van der Waals surface area contributed by atoms with Crippen molar-refractivity contribution >= 4 is 11.6 Å². The van der Waals surface area contributed by atoms with Crippen LogP contribution >= 0.6 is 0 Å². The van der Waals surface area contributed by atoms with Crippen molar-refractivity contribution in [2.45, 2.75) is 25.1 Å². The second-order valence-electron chi connectivity index (χ2n) is 6.30. The molecule has 1 amide bonds. The number of likely N-dealkylation sites (tertiary alicyclic amines) is 1. The Bertz CT molecular complexity index is 945. The minimum atomic E-state index is -4.47. The van der Waals surface area contributed by atoms with Gasteiger partial charge >= 0.3 is 6.18 Å². The first-order valence-electron chi connectivity index (χ1n) is 8.27. The Hall–Kier alpha value is -2.84. The summed E-state index contributed by atoms with van der Waals surface area (Å²) < 4.78 is 41.3. The molecule has 0 aliphatic carbocycles. The number of rotatable bonds is 2. The molecule has 0 bridgehead atoms. The van der Waals surface area contributed by atoms with E-state index in [-0.39, 0.29) is 11.9 Å². The van der Waals surface area contributed by atoms with Crippen LogP contribution < -0.4 is 0 Å². The van der Waals surface area contributed by atoms with E-state index in [2.05, 4.69) is 10.1 Å². The summed E-state index contributed by atoms with van der Waals surface area (Å²) >= 11 is 0. The van der Waals surface area contributed by atoms with Gasteiger partial charge in [-0.3, -0.25) is 13.9 Å². The highest BCUT2D eigenvalue weighted by Gasteiger charge is 2.35. The van der Waals surface area contributed by atoms with Gasteiger partial charge in [0.05, 0.1) is 12.2 Å². The van der Waals surface area contributed by atoms with Crippen molar-refractivity contribution in [3.8, 4) is 0 Å². The Kier molecular flexibility index (Phi) is 3.93. The molecule has 26 heavy (non-hydrogen) atoms. The van der Waals surface area contributed by atoms with Crippen LogP contribution in [-0.2, 0) is 6.18 Å². The third kappa shape index (κ3) is 2.93. The Labute approximate surface area is 146 Å². The molecule has 4 rings (SSSR count). The summed E-state index contributed by atoms with van der Waals surface area (Å²) in [6.07, 6.45) is 1.53. The van der Waals surface area contributed by atoms with Gasteiger partial charge in [0.15, 0.2) is 5.69 Å². The number of nitrogens with zero attached hydrogens (tertiary/aromatic N) is 5. The number of carbonyl (C=O) groups excluding carboxylic acids is 1. The summed E-state index contributed by atoms with van der Waals surface area (Å²) in [4.78, 5) is 18.7. The van der Waals surface area contributed by atoms with Gasteiger partial charge in [-0.2, -0.15) is 18.3 Å². The van der Waals surface area contributed by atoms with Gasteiger partial charge < -0.3 is 4.90 Å². The molecule has 0 N–H and O–H groups in total. The molecule has 1 fully saturated rings. The molecule has 0 radical (unpaired) electrons. The second kappa shape index (κ2) is 6.15. The van der Waals surface area contributed by atoms with Crippen LogP contribution in [0.15, 0.2) is 42.9 Å². The van der Waals surface area contributed by atoms with Gasteiger partial charge in [-0.05, 0) is 31.0 Å². The highest BCUT2D eigenvalue weighted by Crippen LogP contribution is 2.29. The molecule has 1 atom stereocenters. The molecule has 1 unspecified atom stereocenters. The molecule has 136 valence electrons. The van der Waals surface area contributed by atoms with Crippen LogP contribution in [0, 0.1) is 0 Å². The lowest BCUT2D eigenvalue weighted by Gasteiger charge is -2.32. The lowest BCUT2D eigenvalue weighted by Crippen LogP contribution is -2.41. The number of amides is 1. The second-order valence-corrected chi connectivity index (χ2v) is 6.30. The zero-order valence-corrected chi connectivity index (χ0v) is 13.7. The Balaban J connectivity index is 1.55. The van der Waals surface area contributed by atoms with Crippen molar-refractivity contribution in [3.05, 3.63) is 54.2 Å². The third-order valence-corrected chi connectivity index (χ3v) is 4.59. The molecule has 1 aliphatic rings. The Morgan fingerprint density at radius 2 is 2.04 bits per heavy atom. The maximum atomic E-state index is 12.9. The molecule has 1 saturated heterocycles. The van der Waals surface area contributed by atoms with Crippen molar-refractivity contribution in [3.63, 3.8) is 0 Å². The number of halogens is 3. The average Bonchev–Trinajstić information content (AvgIpc) is 3.28. The number of pyridine rings is 1. The zero-order valence-electron chi connectivity index (χ0n) is 13.7. The summed E-state index contributed by atoms with van der Waals surface area (Å²) in [5.41, 5.74) is 0.201. The number of aromatic nitrogens is 4. The van der Waals surface area contributed by atoms with Crippen LogP contribution in [0.1, 0.15) is 35.1 Å². The van der Waals surface area contributed by atoms with Crippen LogP contribution in [0.5, 0.6) is 0 Å². The molecule has 0 aromatic carbocycles. The molecule has 0 spiro atoms. The number of carbonyl (C=O) groups is 1. The van der Waals surface area contributed by atoms with Gasteiger partial charge in [0, 0.05) is 25.5 Å². The van der Waals surface area contributed by atoms with Crippen LogP contribution in [0.4, 0.5) is 13.2 Å². The van der Waals surface area contributed by atoms with Gasteiger partial charge in [-0.25, -0.2) is 4.98 Å². The Morgan fingerprint density at radius 1 is 1.19 bits per heavy atom. The van der Waals surface area contributed by atoms with E-state index in [1.165, 1.54) is 17.1 Å². The van der Waals surface area contributed by atoms with Crippen LogP contribution in [0.3, 0.4) is 0 Å². The van der Waals surface area contributed by atoms with Gasteiger partial charge in [-0.1, -0.05) is 6.07 Å². The summed E-state index contributed by atoms with van der Waals surface area (Å²) in [5, 5.41) is 3.65. The number of hydrogen-bond donors (Lipinski definition) is 0. The molecule has 9 heteroatoms. The van der Waals surface area contributed by atoms with E-state index in [0.29, 0.717) is 37.3 Å². The average molecular weight is 363 g/mol. The van der Waals surface area contributed by atoms with Crippen molar-refractivity contribution in [1.82, 2.24) is 24.1 Å². The first-order valence-corrected chi connectivity index (χ1v) is 8.27. The minimum absolute atomic E-state index is 0.184. The van der Waals surface area contributed by atoms with Gasteiger partial charge in [0.2, 0.25) is 0 Å². The number of imidazole rings is 1. The fourth-order valence-electron chi connectivity index (χ4n) is 3.30. The molecule has 0 saturated carbocycles. The van der Waals surface area contributed by atoms with Gasteiger partial charge in [0.25, 0.3) is 5.91 Å². The standard InChI is InChI=1S/C17H16F3N5O/c18-17(19,20)14-6-9-25(22-14)12-4-3-7-23(11-12)16(26)13-10-21-15-5-1-2-8-24(13)15/h1-2,5-6,8-10,12H,3-4,7,11H2. The molecule has 3 aromatic heterocycles. The van der Waals surface area contributed by atoms with Crippen LogP contribution in [-0.4, -0.2) is 43.1 Å². The topological polar surface area (TPSA) is 55.4 Å². The molecule has 3 aromatic rings. The highest BCUT2D eigenvalue weighted by molar-refractivity contribution is 5.93. The van der Waals surface area contributed by atoms with Crippen molar-refractivity contribution in [2.24, 2.45) is 0 Å². The lowest BCUT2D eigenvalue weighted by molar-refractivity contribution is -0.141. The normalized spacial score (nSPS) is 18.4. The molecular formula is C17H16F3N5O. The summed E-state index contributed by atoms with van der Waals surface area (Å²) in [6.45, 7) is 0.876. The maximum absolute atomic E-state index is 12.9. The van der Waals surface area contributed by atoms with E-state index in [0.717, 1.165) is 6.07 Å². The molecule has 6 nitrogen and oxygen atoms in total. The van der Waals surface area contributed by atoms with E-state index in [4.69, 9.17) is 0 Å². The fourth-order valence-corrected chi connectivity index (χ4v) is 3.30. The summed E-state index contributed by atoms with van der Waals surface area (Å²) in [7, 11) is 0. The monoisotopic (exact) mass is 363 g/mol. The van der Waals surface area contributed by atoms with Crippen LogP contribution in [0.2, 0.25) is 0 Å². The minimum Gasteiger partial charge on any atom is -0.335 e. The maximum Gasteiger partial charge on any atom is 0.435 e. The first kappa shape index (κ1) is 16.6. The zero-order chi connectivity index (χ0) is 18.3. The van der Waals surface area contributed by atoms with Crippen molar-refractivity contribution in [2.75, 3.05) is 13.1 Å². The lowest BCUT2D eigenvalue weighted by atomic mass is 10.1. The van der Waals surface area contributed by atoms with E-state index in [1.807, 2.05) is 12.1 Å². The largest absolute Gasteiger partial charge is 0.435 e. The molecule has 1 aliphatic heterocycles.